The summed E-state index contributed by atoms with van der Waals surface area (Å²) in [5.41, 5.74) is 4.63. The zero-order valence-corrected chi connectivity index (χ0v) is 10.5. The van der Waals surface area contributed by atoms with Gasteiger partial charge in [-0.05, 0) is 43.5 Å². The van der Waals surface area contributed by atoms with Gasteiger partial charge in [0.15, 0.2) is 0 Å². The van der Waals surface area contributed by atoms with Crippen molar-refractivity contribution >= 4 is 16.6 Å². The molecule has 18 heavy (non-hydrogen) atoms. The Hall–Kier alpha value is -2.21. The average molecular weight is 238 g/mol. The topological polar surface area (TPSA) is 37.5 Å². The highest BCUT2D eigenvalue weighted by atomic mass is 16.3. The number of hydrogen-bond acceptors (Lipinski definition) is 2. The summed E-state index contributed by atoms with van der Waals surface area (Å²) >= 11 is 0. The number of phenolic OH excluding ortho intramolecular Hbond substituents is 1. The highest BCUT2D eigenvalue weighted by Crippen LogP contribution is 2.34. The molecule has 1 aliphatic carbocycles. The van der Waals surface area contributed by atoms with Crippen LogP contribution in [0.2, 0.25) is 0 Å². The fourth-order valence-corrected chi connectivity index (χ4v) is 2.72. The number of aliphatic imine (C=N–C) groups is 1. The molecule has 0 amide bonds. The van der Waals surface area contributed by atoms with E-state index >= 15 is 0 Å². The highest BCUT2D eigenvalue weighted by molar-refractivity contribution is 6.09. The number of rotatable bonds is 0. The van der Waals surface area contributed by atoms with Crippen molar-refractivity contribution in [2.45, 2.75) is 19.8 Å². The summed E-state index contributed by atoms with van der Waals surface area (Å²) in [6.07, 6.45) is 1.90. The number of hydrogen-bond donors (Lipinski definition) is 1. The van der Waals surface area contributed by atoms with Gasteiger partial charge in [0.1, 0.15) is 5.75 Å². The molecule has 0 aliphatic heterocycles. The molecular weight excluding hydrogens is 224 g/mol. The molecule has 0 saturated carbocycles. The number of aryl methyl sites for hydroxylation is 2. The van der Waals surface area contributed by atoms with Crippen molar-refractivity contribution < 1.29 is 5.11 Å². The molecule has 1 aromatic heterocycles. The van der Waals surface area contributed by atoms with Crippen LogP contribution in [-0.2, 0) is 13.5 Å². The molecule has 1 N–H and O–H groups in total. The zero-order valence-electron chi connectivity index (χ0n) is 10.5. The standard InChI is InChI=1S/C15H14N2O/c1-3-8-16-13-6-5-11-12-9-10(18)4-7-14(12)17(2)15(11)13/h4,7,9,18H,5-6H2,1-2H3. The quantitative estimate of drug-likeness (QED) is 0.704. The van der Waals surface area contributed by atoms with Crippen LogP contribution in [0.1, 0.15) is 24.6 Å². The lowest BCUT2D eigenvalue weighted by Gasteiger charge is -2.02. The van der Waals surface area contributed by atoms with Gasteiger partial charge in [0, 0.05) is 24.0 Å². The summed E-state index contributed by atoms with van der Waals surface area (Å²) < 4.78 is 2.15. The fraction of sp³-hybridized carbons (Fsp3) is 0.267. The summed E-state index contributed by atoms with van der Waals surface area (Å²) in [7, 11) is 2.04. The van der Waals surface area contributed by atoms with Gasteiger partial charge in [0.2, 0.25) is 0 Å². The van der Waals surface area contributed by atoms with Gasteiger partial charge in [0.25, 0.3) is 0 Å². The minimum atomic E-state index is 0.314. The number of aromatic hydroxyl groups is 1. The van der Waals surface area contributed by atoms with E-state index in [1.807, 2.05) is 19.2 Å². The minimum Gasteiger partial charge on any atom is -0.508 e. The van der Waals surface area contributed by atoms with Crippen LogP contribution >= 0.6 is 0 Å². The van der Waals surface area contributed by atoms with E-state index < -0.39 is 0 Å². The van der Waals surface area contributed by atoms with E-state index in [-0.39, 0.29) is 0 Å². The molecular formula is C15H14N2O. The number of aromatic nitrogens is 1. The smallest absolute Gasteiger partial charge is 0.116 e. The normalized spacial score (nSPS) is 15.8. The van der Waals surface area contributed by atoms with Crippen molar-refractivity contribution in [1.29, 1.82) is 0 Å². The van der Waals surface area contributed by atoms with Crippen LogP contribution < -0.4 is 0 Å². The maximum Gasteiger partial charge on any atom is 0.116 e. The fourth-order valence-electron chi connectivity index (χ4n) is 2.72. The Balaban J connectivity index is 2.31. The summed E-state index contributed by atoms with van der Waals surface area (Å²) in [6, 6.07) is 8.30. The molecule has 1 aliphatic rings. The molecule has 0 spiro atoms. The maximum atomic E-state index is 9.62. The second kappa shape index (κ2) is 3.92. The van der Waals surface area contributed by atoms with Crippen LogP contribution in [-0.4, -0.2) is 15.4 Å². The minimum absolute atomic E-state index is 0.314. The first-order chi connectivity index (χ1) is 8.72. The number of nitrogens with zero attached hydrogens (tertiary/aromatic N) is 2. The predicted octanol–water partition coefficient (Wildman–Crippen LogP) is 2.60. The summed E-state index contributed by atoms with van der Waals surface area (Å²) in [5, 5.41) is 10.7. The Labute approximate surface area is 106 Å². The Morgan fingerprint density at radius 2 is 2.17 bits per heavy atom. The van der Waals surface area contributed by atoms with E-state index in [0.717, 1.165) is 29.5 Å². The molecule has 0 saturated heterocycles. The van der Waals surface area contributed by atoms with E-state index in [9.17, 15) is 5.11 Å². The van der Waals surface area contributed by atoms with E-state index in [1.165, 1.54) is 11.3 Å². The third-order valence-corrected chi connectivity index (χ3v) is 3.48. The summed E-state index contributed by atoms with van der Waals surface area (Å²) in [4.78, 5) is 4.33. The zero-order chi connectivity index (χ0) is 12.7. The molecule has 2 aromatic rings. The van der Waals surface area contributed by atoms with Crippen LogP contribution in [0.3, 0.4) is 0 Å². The third kappa shape index (κ3) is 1.42. The average Bonchev–Trinajstić information content (AvgIpc) is 2.88. The molecule has 90 valence electrons. The second-order valence-electron chi connectivity index (χ2n) is 4.51. The number of benzene rings is 1. The SMILES string of the molecule is CC#CN=C1CCc2c1n(C)c1ccc(O)cc21. The Morgan fingerprint density at radius 3 is 2.94 bits per heavy atom. The molecule has 0 radical (unpaired) electrons. The van der Waals surface area contributed by atoms with Crippen molar-refractivity contribution in [3.63, 3.8) is 0 Å². The molecule has 3 rings (SSSR count). The molecule has 0 bridgehead atoms. The lowest BCUT2D eigenvalue weighted by Crippen LogP contribution is -2.02. The van der Waals surface area contributed by atoms with Crippen molar-refractivity contribution in [2.24, 2.45) is 12.0 Å². The largest absolute Gasteiger partial charge is 0.508 e. The second-order valence-corrected chi connectivity index (χ2v) is 4.51. The molecule has 3 nitrogen and oxygen atoms in total. The van der Waals surface area contributed by atoms with Crippen molar-refractivity contribution in [3.8, 4) is 17.7 Å². The molecule has 1 aromatic carbocycles. The van der Waals surface area contributed by atoms with E-state index in [2.05, 4.69) is 21.5 Å². The van der Waals surface area contributed by atoms with E-state index in [1.54, 1.807) is 13.0 Å². The molecule has 3 heteroatoms. The van der Waals surface area contributed by atoms with Gasteiger partial charge in [-0.15, -0.1) is 0 Å². The third-order valence-electron chi connectivity index (χ3n) is 3.48. The Kier molecular flexibility index (Phi) is 2.38. The Bertz CT molecular complexity index is 726. The van der Waals surface area contributed by atoms with Gasteiger partial charge >= 0.3 is 0 Å². The first-order valence-corrected chi connectivity index (χ1v) is 6.01. The van der Waals surface area contributed by atoms with Crippen LogP contribution in [0.5, 0.6) is 5.75 Å². The first kappa shape index (κ1) is 10.9. The summed E-state index contributed by atoms with van der Waals surface area (Å²) in [5.74, 6) is 3.12. The molecule has 0 fully saturated rings. The number of fused-ring (bicyclic) bond motifs is 3. The molecule has 1 heterocycles. The van der Waals surface area contributed by atoms with Gasteiger partial charge in [-0.1, -0.05) is 5.92 Å². The number of phenols is 1. The van der Waals surface area contributed by atoms with Crippen molar-refractivity contribution in [3.05, 3.63) is 29.5 Å². The van der Waals surface area contributed by atoms with Gasteiger partial charge in [-0.25, -0.2) is 4.99 Å². The van der Waals surface area contributed by atoms with Crippen LogP contribution in [0.15, 0.2) is 23.2 Å². The summed E-state index contributed by atoms with van der Waals surface area (Å²) in [6.45, 7) is 1.79. The van der Waals surface area contributed by atoms with Gasteiger partial charge in [0.05, 0.1) is 11.4 Å². The lowest BCUT2D eigenvalue weighted by atomic mass is 10.1. The molecule has 0 unspecified atom stereocenters. The van der Waals surface area contributed by atoms with E-state index in [0.29, 0.717) is 5.75 Å². The van der Waals surface area contributed by atoms with Crippen LogP contribution in [0.4, 0.5) is 0 Å². The Morgan fingerprint density at radius 1 is 1.33 bits per heavy atom. The maximum absolute atomic E-state index is 9.62. The lowest BCUT2D eigenvalue weighted by molar-refractivity contribution is 0.476. The van der Waals surface area contributed by atoms with Gasteiger partial charge in [-0.2, -0.15) is 0 Å². The monoisotopic (exact) mass is 238 g/mol. The molecule has 0 atom stereocenters. The van der Waals surface area contributed by atoms with Crippen molar-refractivity contribution in [2.75, 3.05) is 0 Å². The highest BCUT2D eigenvalue weighted by Gasteiger charge is 2.25. The van der Waals surface area contributed by atoms with Crippen LogP contribution in [0.25, 0.3) is 10.9 Å². The first-order valence-electron chi connectivity index (χ1n) is 6.01. The van der Waals surface area contributed by atoms with Crippen molar-refractivity contribution in [1.82, 2.24) is 4.57 Å². The van der Waals surface area contributed by atoms with E-state index in [4.69, 9.17) is 0 Å². The predicted molar refractivity (Wildman–Crippen MR) is 72.9 cm³/mol. The van der Waals surface area contributed by atoms with Gasteiger partial charge < -0.3 is 9.67 Å². The van der Waals surface area contributed by atoms with Gasteiger partial charge in [-0.3, -0.25) is 0 Å². The van der Waals surface area contributed by atoms with Crippen LogP contribution in [0, 0.1) is 12.0 Å².